The fraction of sp³-hybridized carbons (Fsp3) is 0.500. The Labute approximate surface area is 101 Å². The van der Waals surface area contributed by atoms with Crippen LogP contribution in [-0.2, 0) is 4.79 Å². The highest BCUT2D eigenvalue weighted by atomic mass is 16.5. The molecule has 1 heterocycles. The average molecular weight is 234 g/mol. The Bertz CT molecular complexity index is 412. The quantitative estimate of drug-likeness (QED) is 0.874. The maximum atomic E-state index is 10.9. The minimum atomic E-state index is -0.741. The number of aliphatic carboxylic acids is 1. The molecule has 0 radical (unpaired) electrons. The van der Waals surface area contributed by atoms with Crippen molar-refractivity contribution in [1.82, 2.24) is 0 Å². The molecule has 0 fully saturated rings. The molecular formula is C14H18O3. The number of para-hydroxylation sites is 1. The maximum Gasteiger partial charge on any atom is 0.303 e. The van der Waals surface area contributed by atoms with Crippen molar-refractivity contribution >= 4 is 5.97 Å². The van der Waals surface area contributed by atoms with Gasteiger partial charge >= 0.3 is 5.97 Å². The summed E-state index contributed by atoms with van der Waals surface area (Å²) >= 11 is 0. The minimum absolute atomic E-state index is 0.0739. The predicted molar refractivity (Wildman–Crippen MR) is 65.3 cm³/mol. The molecule has 0 aromatic heterocycles. The van der Waals surface area contributed by atoms with Gasteiger partial charge in [0.1, 0.15) is 11.9 Å². The lowest BCUT2D eigenvalue weighted by Gasteiger charge is -2.33. The number of ether oxygens (including phenoxy) is 1. The number of benzene rings is 1. The summed E-state index contributed by atoms with van der Waals surface area (Å²) in [5.74, 6) is 0.586. The van der Waals surface area contributed by atoms with Crippen LogP contribution >= 0.6 is 0 Å². The van der Waals surface area contributed by atoms with E-state index in [-0.39, 0.29) is 18.4 Å². The van der Waals surface area contributed by atoms with E-state index in [4.69, 9.17) is 9.84 Å². The lowest BCUT2D eigenvalue weighted by Crippen LogP contribution is -2.31. The van der Waals surface area contributed by atoms with Crippen LogP contribution in [-0.4, -0.2) is 17.2 Å². The molecule has 1 aromatic carbocycles. The van der Waals surface area contributed by atoms with E-state index in [1.165, 1.54) is 0 Å². The maximum absolute atomic E-state index is 10.9. The van der Waals surface area contributed by atoms with Crippen molar-refractivity contribution in [3.8, 4) is 5.75 Å². The monoisotopic (exact) mass is 234 g/mol. The Kier molecular flexibility index (Phi) is 3.36. The Morgan fingerprint density at radius 3 is 2.82 bits per heavy atom. The molecule has 1 N–H and O–H groups in total. The molecule has 2 rings (SSSR count). The minimum Gasteiger partial charge on any atom is -0.490 e. The highest BCUT2D eigenvalue weighted by Gasteiger charge is 2.30. The van der Waals surface area contributed by atoms with Gasteiger partial charge in [0.05, 0.1) is 6.42 Å². The molecule has 3 nitrogen and oxygen atoms in total. The zero-order valence-electron chi connectivity index (χ0n) is 10.2. The molecule has 0 saturated heterocycles. The summed E-state index contributed by atoms with van der Waals surface area (Å²) in [7, 11) is 0. The van der Waals surface area contributed by atoms with Crippen molar-refractivity contribution in [3.63, 3.8) is 0 Å². The second-order valence-electron chi connectivity index (χ2n) is 4.97. The molecule has 2 unspecified atom stereocenters. The molecule has 2 atom stereocenters. The number of carboxylic acids is 1. The van der Waals surface area contributed by atoms with E-state index in [1.807, 2.05) is 24.3 Å². The SMILES string of the molecule is CC(C)C1CC(CC(=O)O)c2ccccc2O1. The zero-order chi connectivity index (χ0) is 12.4. The van der Waals surface area contributed by atoms with E-state index < -0.39 is 5.97 Å². The number of carbonyl (C=O) groups is 1. The summed E-state index contributed by atoms with van der Waals surface area (Å²) in [4.78, 5) is 10.9. The van der Waals surface area contributed by atoms with E-state index >= 15 is 0 Å². The Morgan fingerprint density at radius 1 is 1.47 bits per heavy atom. The lowest BCUT2D eigenvalue weighted by atomic mass is 9.84. The van der Waals surface area contributed by atoms with Gasteiger partial charge in [-0.25, -0.2) is 0 Å². The number of rotatable bonds is 3. The van der Waals surface area contributed by atoms with Crippen molar-refractivity contribution < 1.29 is 14.6 Å². The van der Waals surface area contributed by atoms with Crippen molar-refractivity contribution in [3.05, 3.63) is 29.8 Å². The molecule has 0 saturated carbocycles. The van der Waals surface area contributed by atoms with Crippen molar-refractivity contribution in [1.29, 1.82) is 0 Å². The Balaban J connectivity index is 2.28. The molecular weight excluding hydrogens is 216 g/mol. The van der Waals surface area contributed by atoms with Gasteiger partial charge in [0.25, 0.3) is 0 Å². The van der Waals surface area contributed by atoms with Crippen molar-refractivity contribution in [2.45, 2.75) is 38.7 Å². The Hall–Kier alpha value is -1.51. The molecule has 1 aromatic rings. The summed E-state index contributed by atoms with van der Waals surface area (Å²) in [6.07, 6.45) is 1.10. The number of fused-ring (bicyclic) bond motifs is 1. The van der Waals surface area contributed by atoms with Crippen LogP contribution < -0.4 is 4.74 Å². The molecule has 0 spiro atoms. The first-order valence-corrected chi connectivity index (χ1v) is 6.05. The van der Waals surface area contributed by atoms with Crippen molar-refractivity contribution in [2.24, 2.45) is 5.92 Å². The third-order valence-electron chi connectivity index (χ3n) is 3.32. The first-order chi connectivity index (χ1) is 8.08. The van der Waals surface area contributed by atoms with Crippen LogP contribution in [0.2, 0.25) is 0 Å². The first-order valence-electron chi connectivity index (χ1n) is 6.05. The number of hydrogen-bond acceptors (Lipinski definition) is 2. The summed E-state index contributed by atoms with van der Waals surface area (Å²) < 4.78 is 5.91. The molecule has 0 bridgehead atoms. The van der Waals surface area contributed by atoms with E-state index in [2.05, 4.69) is 13.8 Å². The van der Waals surface area contributed by atoms with Gasteiger partial charge in [-0.2, -0.15) is 0 Å². The normalized spacial score (nSPS) is 23.0. The molecule has 0 amide bonds. The topological polar surface area (TPSA) is 46.5 Å². The second-order valence-corrected chi connectivity index (χ2v) is 4.97. The van der Waals surface area contributed by atoms with Crippen LogP contribution in [0, 0.1) is 5.92 Å². The van der Waals surface area contributed by atoms with Crippen LogP contribution in [0.3, 0.4) is 0 Å². The van der Waals surface area contributed by atoms with E-state index in [1.54, 1.807) is 0 Å². The second kappa shape index (κ2) is 4.78. The standard InChI is InChI=1S/C14H18O3/c1-9(2)13-7-10(8-14(15)16)11-5-3-4-6-12(11)17-13/h3-6,9-10,13H,7-8H2,1-2H3,(H,15,16). The molecule has 1 aliphatic heterocycles. The fourth-order valence-corrected chi connectivity index (χ4v) is 2.36. The Morgan fingerprint density at radius 2 is 2.18 bits per heavy atom. The molecule has 0 aliphatic carbocycles. The van der Waals surface area contributed by atoms with Crippen LogP contribution in [0.4, 0.5) is 0 Å². The lowest BCUT2D eigenvalue weighted by molar-refractivity contribution is -0.137. The van der Waals surface area contributed by atoms with E-state index in [0.29, 0.717) is 5.92 Å². The van der Waals surface area contributed by atoms with Crippen LogP contribution in [0.5, 0.6) is 5.75 Å². The van der Waals surface area contributed by atoms with Gasteiger partial charge < -0.3 is 9.84 Å². The van der Waals surface area contributed by atoms with Gasteiger partial charge in [-0.05, 0) is 24.0 Å². The van der Waals surface area contributed by atoms with Crippen LogP contribution in [0.25, 0.3) is 0 Å². The number of hydrogen-bond donors (Lipinski definition) is 1. The number of carboxylic acid groups (broad SMARTS) is 1. The summed E-state index contributed by atoms with van der Waals surface area (Å²) in [6, 6.07) is 7.77. The smallest absolute Gasteiger partial charge is 0.303 e. The summed E-state index contributed by atoms with van der Waals surface area (Å²) in [5, 5.41) is 8.98. The van der Waals surface area contributed by atoms with E-state index in [9.17, 15) is 4.79 Å². The molecule has 1 aliphatic rings. The van der Waals surface area contributed by atoms with E-state index in [0.717, 1.165) is 17.7 Å². The van der Waals surface area contributed by atoms with Crippen LogP contribution in [0.1, 0.15) is 38.2 Å². The third kappa shape index (κ3) is 2.60. The van der Waals surface area contributed by atoms with Gasteiger partial charge in [-0.15, -0.1) is 0 Å². The van der Waals surface area contributed by atoms with Gasteiger partial charge in [0, 0.05) is 5.92 Å². The highest BCUT2D eigenvalue weighted by Crippen LogP contribution is 2.39. The van der Waals surface area contributed by atoms with Crippen LogP contribution in [0.15, 0.2) is 24.3 Å². The molecule has 17 heavy (non-hydrogen) atoms. The average Bonchev–Trinajstić information content (AvgIpc) is 2.28. The zero-order valence-corrected chi connectivity index (χ0v) is 10.2. The predicted octanol–water partition coefficient (Wildman–Crippen LogP) is 3.05. The van der Waals surface area contributed by atoms with Gasteiger partial charge in [-0.3, -0.25) is 4.79 Å². The summed E-state index contributed by atoms with van der Waals surface area (Å²) in [5.41, 5.74) is 1.03. The van der Waals surface area contributed by atoms with Crippen molar-refractivity contribution in [2.75, 3.05) is 0 Å². The highest BCUT2D eigenvalue weighted by molar-refractivity contribution is 5.68. The van der Waals surface area contributed by atoms with Gasteiger partial charge in [-0.1, -0.05) is 32.0 Å². The summed E-state index contributed by atoms with van der Waals surface area (Å²) in [6.45, 7) is 4.22. The molecule has 3 heteroatoms. The first kappa shape index (κ1) is 12.0. The van der Waals surface area contributed by atoms with Gasteiger partial charge in [0.2, 0.25) is 0 Å². The third-order valence-corrected chi connectivity index (χ3v) is 3.32. The largest absolute Gasteiger partial charge is 0.490 e. The molecule has 92 valence electrons. The fourth-order valence-electron chi connectivity index (χ4n) is 2.36. The van der Waals surface area contributed by atoms with Gasteiger partial charge in [0.15, 0.2) is 0 Å².